The molecule has 4 nitrogen and oxygen atoms in total. The fraction of sp³-hybridized carbons (Fsp3) is 0.600. The molecule has 0 radical (unpaired) electrons. The predicted molar refractivity (Wildman–Crippen MR) is 70.4 cm³/mol. The van der Waals surface area contributed by atoms with Crippen LogP contribution in [-0.4, -0.2) is 35.5 Å². The van der Waals surface area contributed by atoms with Gasteiger partial charge in [0.1, 0.15) is 0 Å². The van der Waals surface area contributed by atoms with Gasteiger partial charge in [0.15, 0.2) is 11.5 Å². The zero-order valence-corrected chi connectivity index (χ0v) is 11.1. The minimum atomic E-state index is -0.187. The molecule has 1 aromatic carbocycles. The van der Waals surface area contributed by atoms with Gasteiger partial charge in [-0.15, -0.1) is 0 Å². The van der Waals surface area contributed by atoms with Crippen LogP contribution in [0.25, 0.3) is 0 Å². The quantitative estimate of drug-likeness (QED) is 0.774. The van der Waals surface area contributed by atoms with Crippen LogP contribution in [0.1, 0.15) is 36.9 Å². The van der Waals surface area contributed by atoms with Gasteiger partial charge in [-0.2, -0.15) is 0 Å². The van der Waals surface area contributed by atoms with Crippen LogP contribution in [0.3, 0.4) is 0 Å². The number of benzene rings is 1. The largest absolute Gasteiger partial charge is 0.454 e. The minimum Gasteiger partial charge on any atom is -0.454 e. The highest BCUT2D eigenvalue weighted by atomic mass is 16.7. The van der Waals surface area contributed by atoms with Crippen molar-refractivity contribution in [2.24, 2.45) is 0 Å². The SMILES string of the molecule is C[C@@H]1C[C@@H](O)C[C@H]2c3cc4c(cc3CCN12)OCO4. The first kappa shape index (κ1) is 11.6. The summed E-state index contributed by atoms with van der Waals surface area (Å²) in [5.41, 5.74) is 2.67. The monoisotopic (exact) mass is 261 g/mol. The normalized spacial score (nSPS) is 32.8. The molecule has 0 aliphatic carbocycles. The van der Waals surface area contributed by atoms with E-state index in [2.05, 4.69) is 24.0 Å². The molecule has 4 heteroatoms. The van der Waals surface area contributed by atoms with E-state index >= 15 is 0 Å². The average molecular weight is 261 g/mol. The Morgan fingerprint density at radius 3 is 2.84 bits per heavy atom. The van der Waals surface area contributed by atoms with Gasteiger partial charge >= 0.3 is 0 Å². The van der Waals surface area contributed by atoms with Gasteiger partial charge in [0.2, 0.25) is 6.79 Å². The molecule has 0 aromatic heterocycles. The van der Waals surface area contributed by atoms with Crippen LogP contribution in [-0.2, 0) is 6.42 Å². The highest BCUT2D eigenvalue weighted by Crippen LogP contribution is 2.44. The Kier molecular flexibility index (Phi) is 2.50. The zero-order valence-electron chi connectivity index (χ0n) is 11.1. The third-order valence-corrected chi connectivity index (χ3v) is 4.71. The number of rotatable bonds is 0. The van der Waals surface area contributed by atoms with Crippen molar-refractivity contribution in [1.29, 1.82) is 0 Å². The number of aliphatic hydroxyl groups is 1. The zero-order chi connectivity index (χ0) is 13.0. The van der Waals surface area contributed by atoms with Crippen molar-refractivity contribution in [1.82, 2.24) is 4.90 Å². The van der Waals surface area contributed by atoms with E-state index in [0.717, 1.165) is 37.3 Å². The summed E-state index contributed by atoms with van der Waals surface area (Å²) < 4.78 is 11.0. The second-order valence-corrected chi connectivity index (χ2v) is 5.88. The Bertz CT molecular complexity index is 516. The first-order valence-corrected chi connectivity index (χ1v) is 7.08. The molecule has 0 unspecified atom stereocenters. The summed E-state index contributed by atoms with van der Waals surface area (Å²) in [4.78, 5) is 2.53. The maximum Gasteiger partial charge on any atom is 0.231 e. The first-order chi connectivity index (χ1) is 9.22. The van der Waals surface area contributed by atoms with Gasteiger partial charge in [0.05, 0.1) is 6.10 Å². The van der Waals surface area contributed by atoms with Gasteiger partial charge in [0.25, 0.3) is 0 Å². The molecule has 1 fully saturated rings. The molecule has 3 heterocycles. The van der Waals surface area contributed by atoms with Crippen LogP contribution >= 0.6 is 0 Å². The fourth-order valence-corrected chi connectivity index (χ4v) is 3.78. The third kappa shape index (κ3) is 1.74. The summed E-state index contributed by atoms with van der Waals surface area (Å²) >= 11 is 0. The number of hydrogen-bond acceptors (Lipinski definition) is 4. The Balaban J connectivity index is 1.77. The lowest BCUT2D eigenvalue weighted by Gasteiger charge is -2.46. The molecule has 4 rings (SSSR count). The van der Waals surface area contributed by atoms with E-state index in [1.54, 1.807) is 0 Å². The van der Waals surface area contributed by atoms with Gasteiger partial charge in [-0.1, -0.05) is 0 Å². The summed E-state index contributed by atoms with van der Waals surface area (Å²) in [5, 5.41) is 10.1. The predicted octanol–water partition coefficient (Wildman–Crippen LogP) is 1.86. The summed E-state index contributed by atoms with van der Waals surface area (Å²) in [6.45, 7) is 3.62. The highest BCUT2D eigenvalue weighted by Gasteiger charge is 2.37. The smallest absolute Gasteiger partial charge is 0.231 e. The summed E-state index contributed by atoms with van der Waals surface area (Å²) in [6, 6.07) is 5.03. The molecule has 1 aromatic rings. The van der Waals surface area contributed by atoms with E-state index in [4.69, 9.17) is 9.47 Å². The van der Waals surface area contributed by atoms with Gasteiger partial charge in [-0.25, -0.2) is 0 Å². The standard InChI is InChI=1S/C15H19NO3/c1-9-4-11(17)6-13-12-7-15-14(18-8-19-15)5-10(12)2-3-16(9)13/h5,7,9,11,13,17H,2-4,6,8H2,1H3/t9-,11-,13+/m1/s1. The Morgan fingerprint density at radius 1 is 1.21 bits per heavy atom. The number of nitrogens with zero attached hydrogens (tertiary/aromatic N) is 1. The number of fused-ring (bicyclic) bond motifs is 4. The number of aliphatic hydroxyl groups excluding tert-OH is 1. The summed E-state index contributed by atoms with van der Waals surface area (Å²) in [7, 11) is 0. The van der Waals surface area contributed by atoms with E-state index in [-0.39, 0.29) is 6.10 Å². The molecular formula is C15H19NO3. The molecule has 0 spiro atoms. The Morgan fingerprint density at radius 2 is 2.00 bits per heavy atom. The number of piperidine rings is 1. The lowest BCUT2D eigenvalue weighted by molar-refractivity contribution is 0.00104. The highest BCUT2D eigenvalue weighted by molar-refractivity contribution is 5.50. The summed E-state index contributed by atoms with van der Waals surface area (Å²) in [5.74, 6) is 1.73. The average Bonchev–Trinajstić information content (AvgIpc) is 2.83. The first-order valence-electron chi connectivity index (χ1n) is 7.08. The van der Waals surface area contributed by atoms with E-state index in [9.17, 15) is 5.11 Å². The molecule has 0 amide bonds. The van der Waals surface area contributed by atoms with Gasteiger partial charge < -0.3 is 14.6 Å². The molecule has 19 heavy (non-hydrogen) atoms. The van der Waals surface area contributed by atoms with Crippen LogP contribution in [0.5, 0.6) is 11.5 Å². The van der Waals surface area contributed by atoms with Crippen LogP contribution in [0, 0.1) is 0 Å². The van der Waals surface area contributed by atoms with Gasteiger partial charge in [-0.3, -0.25) is 4.90 Å². The van der Waals surface area contributed by atoms with Crippen molar-refractivity contribution in [3.63, 3.8) is 0 Å². The Hall–Kier alpha value is -1.26. The maximum absolute atomic E-state index is 10.1. The van der Waals surface area contributed by atoms with Crippen molar-refractivity contribution in [2.45, 2.75) is 44.4 Å². The van der Waals surface area contributed by atoms with Crippen molar-refractivity contribution in [3.8, 4) is 11.5 Å². The van der Waals surface area contributed by atoms with Crippen LogP contribution in [0.15, 0.2) is 12.1 Å². The lowest BCUT2D eigenvalue weighted by Crippen LogP contribution is -2.47. The molecule has 3 aliphatic heterocycles. The van der Waals surface area contributed by atoms with E-state index in [1.165, 1.54) is 11.1 Å². The van der Waals surface area contributed by atoms with Crippen molar-refractivity contribution < 1.29 is 14.6 Å². The van der Waals surface area contributed by atoms with Gasteiger partial charge in [-0.05, 0) is 49.4 Å². The number of hydrogen-bond donors (Lipinski definition) is 1. The van der Waals surface area contributed by atoms with Crippen molar-refractivity contribution in [3.05, 3.63) is 23.3 Å². The molecule has 0 bridgehead atoms. The molecular weight excluding hydrogens is 242 g/mol. The minimum absolute atomic E-state index is 0.187. The van der Waals surface area contributed by atoms with Crippen LogP contribution < -0.4 is 9.47 Å². The van der Waals surface area contributed by atoms with Gasteiger partial charge in [0, 0.05) is 18.6 Å². The topological polar surface area (TPSA) is 41.9 Å². The summed E-state index contributed by atoms with van der Waals surface area (Å²) in [6.07, 6.45) is 2.59. The fourth-order valence-electron chi connectivity index (χ4n) is 3.78. The van der Waals surface area contributed by atoms with Crippen molar-refractivity contribution >= 4 is 0 Å². The van der Waals surface area contributed by atoms with E-state index in [0.29, 0.717) is 18.9 Å². The molecule has 102 valence electrons. The van der Waals surface area contributed by atoms with Crippen LogP contribution in [0.4, 0.5) is 0 Å². The molecule has 1 N–H and O–H groups in total. The van der Waals surface area contributed by atoms with E-state index in [1.807, 2.05) is 0 Å². The number of ether oxygens (including phenoxy) is 2. The molecule has 3 aliphatic rings. The molecule has 3 atom stereocenters. The lowest BCUT2D eigenvalue weighted by atomic mass is 9.83. The second-order valence-electron chi connectivity index (χ2n) is 5.88. The third-order valence-electron chi connectivity index (χ3n) is 4.71. The Labute approximate surface area is 112 Å². The second kappa shape index (κ2) is 4.12. The van der Waals surface area contributed by atoms with Crippen LogP contribution in [0.2, 0.25) is 0 Å². The molecule has 1 saturated heterocycles. The van der Waals surface area contributed by atoms with Crippen molar-refractivity contribution in [2.75, 3.05) is 13.3 Å². The maximum atomic E-state index is 10.1. The van der Waals surface area contributed by atoms with E-state index < -0.39 is 0 Å². The molecule has 0 saturated carbocycles.